The van der Waals surface area contributed by atoms with Crippen LogP contribution < -0.4 is 10.6 Å². The van der Waals surface area contributed by atoms with Crippen molar-refractivity contribution in [3.05, 3.63) is 16.1 Å². The Morgan fingerprint density at radius 3 is 2.58 bits per heavy atom. The smallest absolute Gasteiger partial charge is 0.357 e. The summed E-state index contributed by atoms with van der Waals surface area (Å²) in [4.78, 5) is 8.29. The molecular weight excluding hydrogens is 337 g/mol. The molecule has 24 heavy (non-hydrogen) atoms. The molecule has 1 aromatic heterocycles. The van der Waals surface area contributed by atoms with Gasteiger partial charge in [0.05, 0.1) is 5.01 Å². The fourth-order valence-electron chi connectivity index (χ4n) is 2.73. The highest BCUT2D eigenvalue weighted by Gasteiger charge is 2.35. The Kier molecular flexibility index (Phi) is 6.48. The molecule has 1 fully saturated rings. The lowest BCUT2D eigenvalue weighted by atomic mass is 9.67. The molecule has 0 aromatic carbocycles. The summed E-state index contributed by atoms with van der Waals surface area (Å²) in [5.41, 5.74) is -0.461. The molecule has 2 N–H and O–H groups in total. The highest BCUT2D eigenvalue weighted by molar-refractivity contribution is 7.09. The molecule has 1 aliphatic rings. The number of guanidine groups is 1. The van der Waals surface area contributed by atoms with Crippen molar-refractivity contribution in [2.75, 3.05) is 19.6 Å². The Bertz CT molecular complexity index is 544. The number of aliphatic imine (C=N–C) groups is 1. The molecule has 0 unspecified atom stereocenters. The van der Waals surface area contributed by atoms with E-state index in [4.69, 9.17) is 0 Å². The Hall–Kier alpha value is -1.31. The molecule has 1 heterocycles. The number of hydrogen-bond acceptors (Lipinski definition) is 3. The number of thiazole rings is 1. The monoisotopic (exact) mass is 362 g/mol. The van der Waals surface area contributed by atoms with E-state index in [1.165, 1.54) is 19.3 Å². The van der Waals surface area contributed by atoms with E-state index in [0.29, 0.717) is 23.4 Å². The minimum atomic E-state index is -4.37. The highest BCUT2D eigenvalue weighted by Crippen LogP contribution is 2.43. The fraction of sp³-hybridized carbons (Fsp3) is 0.750. The average Bonchev–Trinajstić information content (AvgIpc) is 2.95. The van der Waals surface area contributed by atoms with Crippen molar-refractivity contribution in [3.8, 4) is 0 Å². The van der Waals surface area contributed by atoms with E-state index >= 15 is 0 Å². The summed E-state index contributed by atoms with van der Waals surface area (Å²) in [5, 5.41) is 7.92. The van der Waals surface area contributed by atoms with Gasteiger partial charge in [-0.25, -0.2) is 4.98 Å². The minimum Gasteiger partial charge on any atom is -0.357 e. The molecule has 1 aromatic rings. The lowest BCUT2D eigenvalue weighted by molar-refractivity contribution is -0.140. The van der Waals surface area contributed by atoms with Crippen LogP contribution in [0.4, 0.5) is 13.2 Å². The normalized spacial score (nSPS) is 17.5. The molecule has 1 aliphatic carbocycles. The number of halogens is 3. The van der Waals surface area contributed by atoms with E-state index in [2.05, 4.69) is 27.5 Å². The average molecular weight is 362 g/mol. The molecule has 4 nitrogen and oxygen atoms in total. The van der Waals surface area contributed by atoms with E-state index in [1.54, 1.807) is 0 Å². The van der Waals surface area contributed by atoms with Gasteiger partial charge in [0.15, 0.2) is 11.7 Å². The molecule has 1 saturated carbocycles. The van der Waals surface area contributed by atoms with Gasteiger partial charge in [-0.2, -0.15) is 13.2 Å². The molecule has 136 valence electrons. The van der Waals surface area contributed by atoms with Gasteiger partial charge in [0, 0.05) is 31.4 Å². The summed E-state index contributed by atoms with van der Waals surface area (Å²) in [6.45, 7) is 6.26. The van der Waals surface area contributed by atoms with Crippen LogP contribution >= 0.6 is 11.3 Å². The third-order valence-electron chi connectivity index (χ3n) is 4.55. The second kappa shape index (κ2) is 8.18. The molecule has 0 saturated heterocycles. The van der Waals surface area contributed by atoms with Crippen LogP contribution in [0.5, 0.6) is 0 Å². The number of nitrogens with one attached hydrogen (secondary N) is 2. The van der Waals surface area contributed by atoms with Crippen LogP contribution in [-0.2, 0) is 12.6 Å². The summed E-state index contributed by atoms with van der Waals surface area (Å²) in [6, 6.07) is 0. The number of hydrogen-bond donors (Lipinski definition) is 2. The Morgan fingerprint density at radius 1 is 1.33 bits per heavy atom. The first-order chi connectivity index (χ1) is 11.4. The Labute approximate surface area is 145 Å². The SMILES string of the molecule is CCNC(=NCC1(CC)CCC1)NCCc1nc(C(F)(F)F)cs1. The first kappa shape index (κ1) is 19.0. The first-order valence-corrected chi connectivity index (χ1v) is 9.30. The van der Waals surface area contributed by atoms with Crippen molar-refractivity contribution in [3.63, 3.8) is 0 Å². The second-order valence-corrected chi connectivity index (χ2v) is 7.15. The minimum absolute atomic E-state index is 0.346. The molecule has 0 aliphatic heterocycles. The van der Waals surface area contributed by atoms with E-state index in [9.17, 15) is 13.2 Å². The molecule has 8 heteroatoms. The van der Waals surface area contributed by atoms with Crippen LogP contribution in [0.15, 0.2) is 10.4 Å². The van der Waals surface area contributed by atoms with Crippen molar-refractivity contribution < 1.29 is 13.2 Å². The molecular formula is C16H25F3N4S. The van der Waals surface area contributed by atoms with Crippen molar-refractivity contribution in [2.24, 2.45) is 10.4 Å². The van der Waals surface area contributed by atoms with Gasteiger partial charge < -0.3 is 10.6 Å². The maximum Gasteiger partial charge on any atom is 0.434 e. The van der Waals surface area contributed by atoms with E-state index in [1.807, 2.05) is 6.92 Å². The molecule has 2 rings (SSSR count). The quantitative estimate of drug-likeness (QED) is 0.572. The number of aromatic nitrogens is 1. The molecule has 0 bridgehead atoms. The molecule has 0 atom stereocenters. The molecule has 0 amide bonds. The zero-order chi connectivity index (χ0) is 17.6. The number of alkyl halides is 3. The summed E-state index contributed by atoms with van der Waals surface area (Å²) < 4.78 is 37.6. The zero-order valence-corrected chi connectivity index (χ0v) is 15.0. The van der Waals surface area contributed by atoms with Crippen molar-refractivity contribution in [1.82, 2.24) is 15.6 Å². The van der Waals surface area contributed by atoms with Gasteiger partial charge in [0.25, 0.3) is 0 Å². The predicted octanol–water partition coefficient (Wildman–Crippen LogP) is 3.84. The van der Waals surface area contributed by atoms with Crippen LogP contribution in [0, 0.1) is 5.41 Å². The predicted molar refractivity (Wildman–Crippen MR) is 91.4 cm³/mol. The fourth-order valence-corrected chi connectivity index (χ4v) is 3.54. The maximum atomic E-state index is 12.5. The zero-order valence-electron chi connectivity index (χ0n) is 14.2. The van der Waals surface area contributed by atoms with E-state index in [-0.39, 0.29) is 0 Å². The lowest BCUT2D eigenvalue weighted by Crippen LogP contribution is -2.40. The molecule has 0 spiro atoms. The van der Waals surface area contributed by atoms with Crippen LogP contribution in [0.1, 0.15) is 50.2 Å². The van der Waals surface area contributed by atoms with Crippen LogP contribution in [0.2, 0.25) is 0 Å². The maximum absolute atomic E-state index is 12.5. The van der Waals surface area contributed by atoms with Gasteiger partial charge in [-0.3, -0.25) is 4.99 Å². The largest absolute Gasteiger partial charge is 0.434 e. The van der Waals surface area contributed by atoms with Gasteiger partial charge in [-0.05, 0) is 31.6 Å². The molecule has 0 radical (unpaired) electrons. The van der Waals surface area contributed by atoms with Gasteiger partial charge in [-0.15, -0.1) is 11.3 Å². The summed E-state index contributed by atoms with van der Waals surface area (Å²) in [5.74, 6) is 0.727. The van der Waals surface area contributed by atoms with Gasteiger partial charge in [-0.1, -0.05) is 13.3 Å². The van der Waals surface area contributed by atoms with Crippen molar-refractivity contribution >= 4 is 17.3 Å². The van der Waals surface area contributed by atoms with E-state index < -0.39 is 11.9 Å². The van der Waals surface area contributed by atoms with Crippen LogP contribution in [0.3, 0.4) is 0 Å². The second-order valence-electron chi connectivity index (χ2n) is 6.20. The van der Waals surface area contributed by atoms with E-state index in [0.717, 1.165) is 42.2 Å². The van der Waals surface area contributed by atoms with Gasteiger partial charge in [0.2, 0.25) is 0 Å². The van der Waals surface area contributed by atoms with Crippen molar-refractivity contribution in [2.45, 2.75) is 52.1 Å². The third kappa shape index (κ3) is 5.09. The van der Waals surface area contributed by atoms with Gasteiger partial charge >= 0.3 is 6.18 Å². The summed E-state index contributed by atoms with van der Waals surface area (Å²) in [6.07, 6.45) is 0.950. The standard InChI is InChI=1S/C16H25F3N4S/c1-3-15(7-5-8-15)11-22-14(20-4-2)21-9-6-13-23-12(10-24-13)16(17,18)19/h10H,3-9,11H2,1-2H3,(H2,20,21,22). The first-order valence-electron chi connectivity index (χ1n) is 8.42. The lowest BCUT2D eigenvalue weighted by Gasteiger charge is -2.40. The third-order valence-corrected chi connectivity index (χ3v) is 5.46. The van der Waals surface area contributed by atoms with Crippen LogP contribution in [-0.4, -0.2) is 30.6 Å². The Balaban J connectivity index is 1.84. The number of rotatable bonds is 7. The van der Waals surface area contributed by atoms with Crippen molar-refractivity contribution in [1.29, 1.82) is 0 Å². The topological polar surface area (TPSA) is 49.3 Å². The van der Waals surface area contributed by atoms with Gasteiger partial charge in [0.1, 0.15) is 0 Å². The van der Waals surface area contributed by atoms with Crippen LogP contribution in [0.25, 0.3) is 0 Å². The summed E-state index contributed by atoms with van der Waals surface area (Å²) >= 11 is 1.04. The summed E-state index contributed by atoms with van der Waals surface area (Å²) in [7, 11) is 0. The number of nitrogens with zero attached hydrogens (tertiary/aromatic N) is 2. The Morgan fingerprint density at radius 2 is 2.08 bits per heavy atom. The highest BCUT2D eigenvalue weighted by atomic mass is 32.1.